The minimum Gasteiger partial charge on any atom is -0.357 e. The molecule has 5 heteroatoms. The Balaban J connectivity index is 2.02. The molecule has 0 aromatic carbocycles. The average molecular weight is 239 g/mol. The van der Waals surface area contributed by atoms with Crippen LogP contribution in [-0.4, -0.2) is 37.0 Å². The molecular formula is C12H21N3O2. The summed E-state index contributed by atoms with van der Waals surface area (Å²) in [7, 11) is 1.63. The van der Waals surface area contributed by atoms with Crippen molar-refractivity contribution in [2.75, 3.05) is 13.6 Å². The molecule has 2 fully saturated rings. The Morgan fingerprint density at radius 3 is 2.47 bits per heavy atom. The molecule has 0 spiro atoms. The zero-order valence-corrected chi connectivity index (χ0v) is 10.3. The van der Waals surface area contributed by atoms with Crippen molar-refractivity contribution in [2.24, 2.45) is 0 Å². The van der Waals surface area contributed by atoms with Gasteiger partial charge in [-0.05, 0) is 32.2 Å². The fourth-order valence-corrected chi connectivity index (χ4v) is 2.86. The molecule has 0 unspecified atom stereocenters. The number of amides is 2. The Labute approximate surface area is 102 Å². The molecule has 0 radical (unpaired) electrons. The molecular weight excluding hydrogens is 218 g/mol. The molecule has 96 valence electrons. The van der Waals surface area contributed by atoms with E-state index in [4.69, 9.17) is 0 Å². The van der Waals surface area contributed by atoms with Crippen molar-refractivity contribution in [2.45, 2.75) is 50.1 Å². The highest BCUT2D eigenvalue weighted by molar-refractivity contribution is 5.93. The van der Waals surface area contributed by atoms with Crippen molar-refractivity contribution < 1.29 is 9.59 Å². The summed E-state index contributed by atoms with van der Waals surface area (Å²) < 4.78 is 0. The minimum atomic E-state index is -0.657. The third kappa shape index (κ3) is 2.44. The van der Waals surface area contributed by atoms with Gasteiger partial charge in [-0.1, -0.05) is 12.8 Å². The lowest BCUT2D eigenvalue weighted by molar-refractivity contribution is -0.133. The second kappa shape index (κ2) is 5.04. The molecule has 2 amide bonds. The fourth-order valence-electron chi connectivity index (χ4n) is 2.86. The Morgan fingerprint density at radius 1 is 1.24 bits per heavy atom. The van der Waals surface area contributed by atoms with Gasteiger partial charge in [-0.15, -0.1) is 0 Å². The van der Waals surface area contributed by atoms with Crippen LogP contribution < -0.4 is 16.0 Å². The Morgan fingerprint density at radius 2 is 1.94 bits per heavy atom. The summed E-state index contributed by atoms with van der Waals surface area (Å²) in [4.78, 5) is 24.0. The molecule has 2 aliphatic rings. The van der Waals surface area contributed by atoms with Crippen LogP contribution in [0.15, 0.2) is 0 Å². The maximum Gasteiger partial charge on any atom is 0.245 e. The molecule has 0 aromatic heterocycles. The van der Waals surface area contributed by atoms with E-state index in [2.05, 4.69) is 16.0 Å². The monoisotopic (exact) mass is 239 g/mol. The van der Waals surface area contributed by atoms with E-state index in [0.29, 0.717) is 0 Å². The zero-order chi connectivity index (χ0) is 12.3. The van der Waals surface area contributed by atoms with E-state index >= 15 is 0 Å². The highest BCUT2D eigenvalue weighted by Crippen LogP contribution is 2.30. The lowest BCUT2D eigenvalue weighted by Crippen LogP contribution is -2.59. The maximum absolute atomic E-state index is 12.1. The second-order valence-electron chi connectivity index (χ2n) is 5.01. The van der Waals surface area contributed by atoms with E-state index in [1.54, 1.807) is 7.05 Å². The molecule has 2 rings (SSSR count). The molecule has 1 heterocycles. The Hall–Kier alpha value is -1.10. The third-order valence-corrected chi connectivity index (χ3v) is 3.86. The third-order valence-electron chi connectivity index (χ3n) is 3.86. The topological polar surface area (TPSA) is 70.2 Å². The van der Waals surface area contributed by atoms with Gasteiger partial charge in [-0.2, -0.15) is 0 Å². The lowest BCUT2D eigenvalue weighted by Gasteiger charge is -2.29. The van der Waals surface area contributed by atoms with Crippen molar-refractivity contribution in [3.63, 3.8) is 0 Å². The summed E-state index contributed by atoms with van der Waals surface area (Å²) in [6.45, 7) is 0.894. The predicted molar refractivity (Wildman–Crippen MR) is 64.4 cm³/mol. The number of hydrogen-bond donors (Lipinski definition) is 3. The smallest absolute Gasteiger partial charge is 0.245 e. The van der Waals surface area contributed by atoms with Crippen LogP contribution in [0.25, 0.3) is 0 Å². The van der Waals surface area contributed by atoms with E-state index in [1.807, 2.05) is 0 Å². The van der Waals surface area contributed by atoms with Crippen LogP contribution in [0, 0.1) is 0 Å². The molecule has 1 saturated heterocycles. The highest BCUT2D eigenvalue weighted by atomic mass is 16.2. The van der Waals surface area contributed by atoms with Crippen LogP contribution in [0.2, 0.25) is 0 Å². The van der Waals surface area contributed by atoms with Gasteiger partial charge in [0.2, 0.25) is 11.8 Å². The van der Waals surface area contributed by atoms with Crippen LogP contribution in [0.5, 0.6) is 0 Å². The minimum absolute atomic E-state index is 0.0204. The van der Waals surface area contributed by atoms with E-state index < -0.39 is 5.54 Å². The van der Waals surface area contributed by atoms with Crippen molar-refractivity contribution in [3.05, 3.63) is 0 Å². The molecule has 1 aliphatic heterocycles. The van der Waals surface area contributed by atoms with E-state index in [0.717, 1.165) is 45.1 Å². The van der Waals surface area contributed by atoms with E-state index in [9.17, 15) is 9.59 Å². The molecule has 17 heavy (non-hydrogen) atoms. The van der Waals surface area contributed by atoms with Gasteiger partial charge in [0, 0.05) is 7.05 Å². The van der Waals surface area contributed by atoms with Gasteiger partial charge in [0.1, 0.15) is 5.54 Å². The molecule has 0 bridgehead atoms. The SMILES string of the molecule is CNC(=O)C1(NC(=O)[C@@H]2CCCN2)CCCC1. The van der Waals surface area contributed by atoms with Crippen molar-refractivity contribution in [1.29, 1.82) is 0 Å². The van der Waals surface area contributed by atoms with Crippen molar-refractivity contribution in [3.8, 4) is 0 Å². The van der Waals surface area contributed by atoms with Gasteiger partial charge in [0.25, 0.3) is 0 Å². The highest BCUT2D eigenvalue weighted by Gasteiger charge is 2.43. The van der Waals surface area contributed by atoms with Gasteiger partial charge < -0.3 is 16.0 Å². The molecule has 3 N–H and O–H groups in total. The number of rotatable bonds is 3. The van der Waals surface area contributed by atoms with Crippen LogP contribution in [0.3, 0.4) is 0 Å². The summed E-state index contributed by atoms with van der Waals surface area (Å²) in [5.41, 5.74) is -0.657. The lowest BCUT2D eigenvalue weighted by atomic mass is 9.95. The average Bonchev–Trinajstić information content (AvgIpc) is 2.99. The first-order chi connectivity index (χ1) is 8.18. The zero-order valence-electron chi connectivity index (χ0n) is 10.3. The number of carbonyl (C=O) groups is 2. The van der Waals surface area contributed by atoms with Gasteiger partial charge >= 0.3 is 0 Å². The Bertz CT molecular complexity index is 305. The van der Waals surface area contributed by atoms with Crippen LogP contribution in [0.4, 0.5) is 0 Å². The quantitative estimate of drug-likeness (QED) is 0.645. The number of nitrogens with one attached hydrogen (secondary N) is 3. The molecule has 1 aliphatic carbocycles. The van der Waals surface area contributed by atoms with Gasteiger partial charge in [0.05, 0.1) is 6.04 Å². The largest absolute Gasteiger partial charge is 0.357 e. The number of carbonyl (C=O) groups excluding carboxylic acids is 2. The van der Waals surface area contributed by atoms with Crippen LogP contribution in [0.1, 0.15) is 38.5 Å². The molecule has 0 aromatic rings. The van der Waals surface area contributed by atoms with Gasteiger partial charge in [-0.25, -0.2) is 0 Å². The van der Waals surface area contributed by atoms with E-state index in [1.165, 1.54) is 0 Å². The number of likely N-dealkylation sites (N-methyl/N-ethyl adjacent to an activating group) is 1. The normalized spacial score (nSPS) is 26.8. The first kappa shape index (κ1) is 12.4. The summed E-state index contributed by atoms with van der Waals surface area (Å²) in [6.07, 6.45) is 5.43. The molecule has 1 atom stereocenters. The van der Waals surface area contributed by atoms with Crippen LogP contribution >= 0.6 is 0 Å². The van der Waals surface area contributed by atoms with Crippen LogP contribution in [-0.2, 0) is 9.59 Å². The summed E-state index contributed by atoms with van der Waals surface area (Å²) >= 11 is 0. The summed E-state index contributed by atoms with van der Waals surface area (Å²) in [5, 5.41) is 8.80. The standard InChI is InChI=1S/C12H21N3O2/c1-13-11(17)12(6-2-3-7-12)15-10(16)9-5-4-8-14-9/h9,14H,2-8H2,1H3,(H,13,17)(H,15,16)/t9-/m0/s1. The van der Waals surface area contributed by atoms with E-state index in [-0.39, 0.29) is 17.9 Å². The fraction of sp³-hybridized carbons (Fsp3) is 0.833. The first-order valence-electron chi connectivity index (χ1n) is 6.45. The summed E-state index contributed by atoms with van der Waals surface area (Å²) in [5.74, 6) is -0.0747. The maximum atomic E-state index is 12.1. The molecule has 1 saturated carbocycles. The summed E-state index contributed by atoms with van der Waals surface area (Å²) in [6, 6.07) is -0.114. The molecule has 5 nitrogen and oxygen atoms in total. The van der Waals surface area contributed by atoms with Gasteiger partial charge in [-0.3, -0.25) is 9.59 Å². The van der Waals surface area contributed by atoms with Crippen molar-refractivity contribution >= 4 is 11.8 Å². The first-order valence-corrected chi connectivity index (χ1v) is 6.45. The Kier molecular flexibility index (Phi) is 3.66. The predicted octanol–water partition coefficient (Wildman–Crippen LogP) is -0.0866. The van der Waals surface area contributed by atoms with Gasteiger partial charge in [0.15, 0.2) is 0 Å². The number of hydrogen-bond acceptors (Lipinski definition) is 3. The van der Waals surface area contributed by atoms with Crippen molar-refractivity contribution in [1.82, 2.24) is 16.0 Å². The second-order valence-corrected chi connectivity index (χ2v) is 5.01.